The van der Waals surface area contributed by atoms with E-state index in [1.807, 2.05) is 6.92 Å². The van der Waals surface area contributed by atoms with Crippen molar-refractivity contribution in [1.82, 2.24) is 5.32 Å². The molecule has 0 aliphatic carbocycles. The van der Waals surface area contributed by atoms with Gasteiger partial charge in [0.15, 0.2) is 0 Å². The van der Waals surface area contributed by atoms with Crippen molar-refractivity contribution in [3.8, 4) is 0 Å². The van der Waals surface area contributed by atoms with Crippen LogP contribution in [0.25, 0.3) is 0 Å². The third kappa shape index (κ3) is 13.4. The molecule has 0 bridgehead atoms. The summed E-state index contributed by atoms with van der Waals surface area (Å²) in [5.41, 5.74) is 0. The Bertz CT molecular complexity index is 172. The number of hydrogen-bond acceptors (Lipinski definition) is 2. The minimum atomic E-state index is 0.00907. The fraction of sp³-hybridized carbons (Fsp3) is 0.929. The van der Waals surface area contributed by atoms with Crippen molar-refractivity contribution in [2.24, 2.45) is 0 Å². The second kappa shape index (κ2) is 13.5. The molecule has 0 saturated heterocycles. The summed E-state index contributed by atoms with van der Waals surface area (Å²) in [6, 6.07) is 0. The standard InChI is InChI=1S/C14H29NO2/c1-3-5-6-7-8-9-10-12-17-13-14(16)15-11-4-2/h3-13H2,1-2H3,(H,15,16). The maximum absolute atomic E-state index is 11.2. The predicted octanol–water partition coefficient (Wildman–Crippen LogP) is 3.28. The SMILES string of the molecule is CCCCCCCCCOCC(=O)NCCC. The van der Waals surface area contributed by atoms with Gasteiger partial charge < -0.3 is 10.1 Å². The number of rotatable bonds is 12. The van der Waals surface area contributed by atoms with E-state index in [-0.39, 0.29) is 12.5 Å². The van der Waals surface area contributed by atoms with Crippen LogP contribution in [0.4, 0.5) is 0 Å². The zero-order chi connectivity index (χ0) is 12.8. The Labute approximate surface area is 106 Å². The molecule has 0 aromatic heterocycles. The monoisotopic (exact) mass is 243 g/mol. The van der Waals surface area contributed by atoms with Gasteiger partial charge >= 0.3 is 0 Å². The summed E-state index contributed by atoms with van der Waals surface area (Å²) in [5.74, 6) is 0.00907. The van der Waals surface area contributed by atoms with Crippen LogP contribution in [0.2, 0.25) is 0 Å². The fourth-order valence-corrected chi connectivity index (χ4v) is 1.64. The van der Waals surface area contributed by atoms with Crippen molar-refractivity contribution in [2.45, 2.75) is 65.2 Å². The highest BCUT2D eigenvalue weighted by atomic mass is 16.5. The quantitative estimate of drug-likeness (QED) is 0.534. The van der Waals surface area contributed by atoms with Crippen LogP contribution >= 0.6 is 0 Å². The van der Waals surface area contributed by atoms with Crippen molar-refractivity contribution in [3.05, 3.63) is 0 Å². The van der Waals surface area contributed by atoms with Crippen LogP contribution in [-0.4, -0.2) is 25.7 Å². The molecule has 0 aromatic rings. The first-order valence-electron chi connectivity index (χ1n) is 7.15. The van der Waals surface area contributed by atoms with E-state index in [2.05, 4.69) is 12.2 Å². The van der Waals surface area contributed by atoms with E-state index < -0.39 is 0 Å². The largest absolute Gasteiger partial charge is 0.372 e. The molecule has 0 saturated carbocycles. The molecular weight excluding hydrogens is 214 g/mol. The lowest BCUT2D eigenvalue weighted by Crippen LogP contribution is -2.28. The zero-order valence-electron chi connectivity index (χ0n) is 11.6. The van der Waals surface area contributed by atoms with Crippen molar-refractivity contribution in [2.75, 3.05) is 19.8 Å². The molecule has 0 spiro atoms. The second-order valence-electron chi connectivity index (χ2n) is 4.52. The zero-order valence-corrected chi connectivity index (χ0v) is 11.6. The number of ether oxygens (including phenoxy) is 1. The maximum atomic E-state index is 11.2. The Kier molecular flexibility index (Phi) is 13.0. The smallest absolute Gasteiger partial charge is 0.245 e. The van der Waals surface area contributed by atoms with Gasteiger partial charge in [0.25, 0.3) is 0 Å². The first-order chi connectivity index (χ1) is 8.31. The van der Waals surface area contributed by atoms with Gasteiger partial charge in [0.05, 0.1) is 0 Å². The van der Waals surface area contributed by atoms with Crippen molar-refractivity contribution < 1.29 is 9.53 Å². The van der Waals surface area contributed by atoms with Crippen LogP contribution in [0.5, 0.6) is 0 Å². The molecule has 0 fully saturated rings. The maximum Gasteiger partial charge on any atom is 0.245 e. The Morgan fingerprint density at radius 1 is 0.941 bits per heavy atom. The van der Waals surface area contributed by atoms with Crippen LogP contribution in [0, 0.1) is 0 Å². The van der Waals surface area contributed by atoms with Crippen molar-refractivity contribution in [3.63, 3.8) is 0 Å². The van der Waals surface area contributed by atoms with Crippen LogP contribution < -0.4 is 5.32 Å². The summed E-state index contributed by atoms with van der Waals surface area (Å²) in [6.07, 6.45) is 9.92. The van der Waals surface area contributed by atoms with E-state index in [9.17, 15) is 4.79 Å². The van der Waals surface area contributed by atoms with Gasteiger partial charge in [-0.3, -0.25) is 4.79 Å². The number of amides is 1. The van der Waals surface area contributed by atoms with E-state index in [0.29, 0.717) is 6.61 Å². The third-order valence-corrected chi connectivity index (χ3v) is 2.70. The third-order valence-electron chi connectivity index (χ3n) is 2.70. The molecule has 0 aromatic carbocycles. The summed E-state index contributed by atoms with van der Waals surface area (Å²) in [7, 11) is 0. The molecular formula is C14H29NO2. The summed E-state index contributed by atoms with van der Waals surface area (Å²) in [5, 5.41) is 2.79. The molecule has 1 amide bonds. The van der Waals surface area contributed by atoms with Gasteiger partial charge in [0, 0.05) is 13.2 Å². The van der Waals surface area contributed by atoms with Gasteiger partial charge in [-0.2, -0.15) is 0 Å². The number of carbonyl (C=O) groups is 1. The summed E-state index contributed by atoms with van der Waals surface area (Å²) >= 11 is 0. The Hall–Kier alpha value is -0.570. The van der Waals surface area contributed by atoms with Gasteiger partial charge in [-0.15, -0.1) is 0 Å². The molecule has 0 radical (unpaired) electrons. The minimum Gasteiger partial charge on any atom is -0.372 e. The van der Waals surface area contributed by atoms with E-state index in [4.69, 9.17) is 4.74 Å². The number of carbonyl (C=O) groups excluding carboxylic acids is 1. The van der Waals surface area contributed by atoms with Crippen LogP contribution in [0.1, 0.15) is 65.2 Å². The number of unbranched alkanes of at least 4 members (excludes halogenated alkanes) is 6. The topological polar surface area (TPSA) is 38.3 Å². The van der Waals surface area contributed by atoms with Gasteiger partial charge in [0.2, 0.25) is 5.91 Å². The Balaban J connectivity index is 3.05. The van der Waals surface area contributed by atoms with E-state index in [1.54, 1.807) is 0 Å². The highest BCUT2D eigenvalue weighted by Gasteiger charge is 1.99. The average molecular weight is 243 g/mol. The van der Waals surface area contributed by atoms with Gasteiger partial charge in [-0.25, -0.2) is 0 Å². The van der Waals surface area contributed by atoms with E-state index in [1.165, 1.54) is 38.5 Å². The lowest BCUT2D eigenvalue weighted by Gasteiger charge is -2.05. The molecule has 3 nitrogen and oxygen atoms in total. The van der Waals surface area contributed by atoms with Crippen LogP contribution in [0.15, 0.2) is 0 Å². The average Bonchev–Trinajstić information content (AvgIpc) is 2.34. The molecule has 3 heteroatoms. The molecule has 1 N–H and O–H groups in total. The molecule has 17 heavy (non-hydrogen) atoms. The molecule has 102 valence electrons. The molecule has 0 unspecified atom stereocenters. The van der Waals surface area contributed by atoms with Gasteiger partial charge in [-0.05, 0) is 12.8 Å². The lowest BCUT2D eigenvalue weighted by atomic mass is 10.1. The first kappa shape index (κ1) is 16.4. The lowest BCUT2D eigenvalue weighted by molar-refractivity contribution is -0.125. The summed E-state index contributed by atoms with van der Waals surface area (Å²) in [4.78, 5) is 11.2. The minimum absolute atomic E-state index is 0.00907. The van der Waals surface area contributed by atoms with Gasteiger partial charge in [-0.1, -0.05) is 52.4 Å². The second-order valence-corrected chi connectivity index (χ2v) is 4.52. The molecule has 0 aliphatic rings. The van der Waals surface area contributed by atoms with Crippen LogP contribution in [0.3, 0.4) is 0 Å². The molecule has 0 rings (SSSR count). The highest BCUT2D eigenvalue weighted by Crippen LogP contribution is 2.06. The van der Waals surface area contributed by atoms with Crippen LogP contribution in [-0.2, 0) is 9.53 Å². The predicted molar refractivity (Wildman–Crippen MR) is 72.1 cm³/mol. The normalized spacial score (nSPS) is 10.5. The molecule has 0 heterocycles. The van der Waals surface area contributed by atoms with Crippen molar-refractivity contribution >= 4 is 5.91 Å². The summed E-state index contributed by atoms with van der Waals surface area (Å²) < 4.78 is 5.31. The Morgan fingerprint density at radius 2 is 1.59 bits per heavy atom. The highest BCUT2D eigenvalue weighted by molar-refractivity contribution is 5.77. The number of nitrogens with one attached hydrogen (secondary N) is 1. The Morgan fingerprint density at radius 3 is 2.24 bits per heavy atom. The molecule has 0 aliphatic heterocycles. The van der Waals surface area contributed by atoms with E-state index in [0.717, 1.165) is 19.4 Å². The summed E-state index contributed by atoms with van der Waals surface area (Å²) in [6.45, 7) is 5.96. The van der Waals surface area contributed by atoms with Crippen molar-refractivity contribution in [1.29, 1.82) is 0 Å². The fourth-order valence-electron chi connectivity index (χ4n) is 1.64. The van der Waals surface area contributed by atoms with E-state index >= 15 is 0 Å². The molecule has 0 atom stereocenters. The first-order valence-corrected chi connectivity index (χ1v) is 7.15. The van der Waals surface area contributed by atoms with Gasteiger partial charge in [0.1, 0.15) is 6.61 Å². The number of hydrogen-bond donors (Lipinski definition) is 1.